The van der Waals surface area contributed by atoms with Gasteiger partial charge in [0.2, 0.25) is 0 Å². The molecule has 3 aliphatic carbocycles. The Kier molecular flexibility index (Phi) is 10.7. The normalized spacial score (nSPS) is 14.1. The Morgan fingerprint density at radius 2 is 0.537 bits per heavy atom. The summed E-state index contributed by atoms with van der Waals surface area (Å²) in [6.07, 6.45) is 0. The number of hydrogen-bond donors (Lipinski definition) is 0. The first-order chi connectivity index (χ1) is 40.6. The maximum Gasteiger partial charge on any atom is 0.164 e. The van der Waals surface area contributed by atoms with Crippen LogP contribution < -0.4 is 0 Å². The zero-order valence-corrected chi connectivity index (χ0v) is 45.5. The Morgan fingerprint density at radius 3 is 0.976 bits per heavy atom. The number of rotatable bonds is 8. The summed E-state index contributed by atoms with van der Waals surface area (Å²) in [4.78, 5) is 31.6. The fourth-order valence-electron chi connectivity index (χ4n) is 12.9. The van der Waals surface area contributed by atoms with Crippen molar-refractivity contribution in [2.75, 3.05) is 0 Å². The molecule has 4 heterocycles. The molecular formula is C74H44N6S2. The molecular weight excluding hydrogens is 1040 g/mol. The smallest absolute Gasteiger partial charge is 0.164 e. The third-order valence-electron chi connectivity index (χ3n) is 16.6. The Morgan fingerprint density at radius 1 is 0.220 bits per heavy atom. The van der Waals surface area contributed by atoms with Gasteiger partial charge in [0.25, 0.3) is 0 Å². The monoisotopic (exact) mass is 1080 g/mol. The third kappa shape index (κ3) is 7.60. The average molecular weight is 1080 g/mol. The van der Waals surface area contributed by atoms with E-state index in [1.54, 1.807) is 0 Å². The number of nitrogens with zero attached hydrogens (tertiary/aromatic N) is 6. The van der Waals surface area contributed by atoms with Crippen molar-refractivity contribution in [3.8, 4) is 90.6 Å². The molecule has 82 heavy (non-hydrogen) atoms. The predicted octanol–water partition coefficient (Wildman–Crippen LogP) is 19.1. The summed E-state index contributed by atoms with van der Waals surface area (Å²) in [5.74, 6) is 3.77. The van der Waals surface area contributed by atoms with Crippen LogP contribution in [-0.2, 0) is 0 Å². The lowest BCUT2D eigenvalue weighted by molar-refractivity contribution is 0.754. The van der Waals surface area contributed by atoms with E-state index < -0.39 is 0 Å². The summed E-state index contributed by atoms with van der Waals surface area (Å²) in [5.41, 5.74) is 18.0. The first-order valence-electron chi connectivity index (χ1n) is 27.6. The van der Waals surface area contributed by atoms with Gasteiger partial charge in [-0.25, -0.2) is 29.9 Å². The summed E-state index contributed by atoms with van der Waals surface area (Å²) in [5, 5.41) is 5.09. The van der Waals surface area contributed by atoms with E-state index >= 15 is 0 Å². The Hall–Kier alpha value is -10.1. The number of hydrogen-bond acceptors (Lipinski definition) is 8. The van der Waals surface area contributed by atoms with Crippen molar-refractivity contribution in [1.82, 2.24) is 29.9 Å². The van der Waals surface area contributed by atoms with Gasteiger partial charge in [0.1, 0.15) is 0 Å². The van der Waals surface area contributed by atoms with Gasteiger partial charge < -0.3 is 0 Å². The molecule has 6 nitrogen and oxygen atoms in total. The van der Waals surface area contributed by atoms with Crippen molar-refractivity contribution >= 4 is 63.0 Å². The van der Waals surface area contributed by atoms with Crippen LogP contribution in [0.5, 0.6) is 0 Å². The molecule has 8 heteroatoms. The Bertz CT molecular complexity index is 4770. The quantitative estimate of drug-likeness (QED) is 0.151. The van der Waals surface area contributed by atoms with Gasteiger partial charge in [-0.2, -0.15) is 0 Å². The second kappa shape index (κ2) is 18.7. The van der Waals surface area contributed by atoms with Gasteiger partial charge in [-0.15, -0.1) is 22.7 Å². The second-order valence-electron chi connectivity index (χ2n) is 21.2. The molecule has 4 aromatic heterocycles. The molecule has 2 atom stereocenters. The topological polar surface area (TPSA) is 77.3 Å². The molecule has 0 saturated heterocycles. The van der Waals surface area contributed by atoms with Crippen LogP contribution in [0.3, 0.4) is 0 Å². The zero-order valence-electron chi connectivity index (χ0n) is 43.9. The molecule has 0 spiro atoms. The molecule has 2 unspecified atom stereocenters. The molecule has 0 fully saturated rings. The average Bonchev–Trinajstić information content (AvgIpc) is 1.51. The van der Waals surface area contributed by atoms with E-state index in [0.29, 0.717) is 34.9 Å². The fraction of sp³-hybridized carbons (Fsp3) is 0.0270. The van der Waals surface area contributed by atoms with E-state index in [2.05, 4.69) is 218 Å². The highest BCUT2D eigenvalue weighted by molar-refractivity contribution is 7.26. The van der Waals surface area contributed by atoms with Gasteiger partial charge in [0.15, 0.2) is 34.9 Å². The summed E-state index contributed by atoms with van der Waals surface area (Å²) >= 11 is 3.67. The molecule has 3 aliphatic rings. The van der Waals surface area contributed by atoms with Crippen LogP contribution in [-0.4, -0.2) is 29.9 Å². The van der Waals surface area contributed by atoms with Gasteiger partial charge in [-0.3, -0.25) is 0 Å². The minimum absolute atomic E-state index is 0.0102. The van der Waals surface area contributed by atoms with E-state index in [0.717, 1.165) is 44.5 Å². The first kappa shape index (κ1) is 46.8. The highest BCUT2D eigenvalue weighted by Gasteiger charge is 2.42. The SMILES string of the molecule is c1ccc(-c2nc(-c3cccc(-c4cccc5sc6ccccc6c45)c3)nc(-c3ccc4c(c3)C3c5ccccc5C4c4cc(-c5nc(-c6ccccc6)nc(-c6cccc(-c7cccc8sc9ccccc9c78)c6)n5)ccc43)n2)cc1. The van der Waals surface area contributed by atoms with Crippen LogP contribution >= 0.6 is 22.7 Å². The zero-order chi connectivity index (χ0) is 53.8. The Labute approximate surface area is 480 Å². The standard InChI is InChI=1S/C74H44N6S2/c1-3-17-43(18-4-1)69-75-71(47-23-13-21-45(39-47)51-29-15-33-63-67(51)57-27-9-11-31-61(57)81-63)79-73(77-69)49-35-37-55-59(41-49)65-53-25-7-8-26-54(53)66(55)60-42-50(36-38-56(60)65)74-78-70(44-19-5-2-6-20-44)76-72(80-74)48-24-14-22-46(40-48)52-30-16-34-64-68(52)58-28-10-12-32-62(58)82-64/h1-42,65-66H. The van der Waals surface area contributed by atoms with E-state index in [9.17, 15) is 0 Å². The lowest BCUT2D eigenvalue weighted by Crippen LogP contribution is -2.27. The molecule has 15 aromatic rings. The van der Waals surface area contributed by atoms with Crippen molar-refractivity contribution in [3.63, 3.8) is 0 Å². The van der Waals surface area contributed by atoms with E-state index in [4.69, 9.17) is 29.9 Å². The number of thiophene rings is 2. The van der Waals surface area contributed by atoms with Crippen molar-refractivity contribution in [1.29, 1.82) is 0 Å². The molecule has 0 aliphatic heterocycles. The number of benzene rings is 11. The number of fused-ring (bicyclic) bond motifs is 6. The minimum atomic E-state index is -0.0102. The van der Waals surface area contributed by atoms with Crippen molar-refractivity contribution < 1.29 is 0 Å². The van der Waals surface area contributed by atoms with Crippen LogP contribution in [0.15, 0.2) is 255 Å². The predicted molar refractivity (Wildman–Crippen MR) is 337 cm³/mol. The maximum atomic E-state index is 5.34. The number of aromatic nitrogens is 6. The van der Waals surface area contributed by atoms with E-state index in [1.807, 2.05) is 59.1 Å². The molecule has 2 bridgehead atoms. The van der Waals surface area contributed by atoms with Crippen LogP contribution in [0.1, 0.15) is 45.2 Å². The lowest BCUT2D eigenvalue weighted by atomic mass is 9.61. The van der Waals surface area contributed by atoms with Crippen LogP contribution in [0, 0.1) is 0 Å². The van der Waals surface area contributed by atoms with E-state index in [-0.39, 0.29) is 11.8 Å². The minimum Gasteiger partial charge on any atom is -0.208 e. The maximum absolute atomic E-state index is 5.34. The van der Waals surface area contributed by atoms with Crippen LogP contribution in [0.4, 0.5) is 0 Å². The van der Waals surface area contributed by atoms with Crippen LogP contribution in [0.25, 0.3) is 131 Å². The van der Waals surface area contributed by atoms with Crippen LogP contribution in [0.2, 0.25) is 0 Å². The molecule has 0 N–H and O–H groups in total. The molecule has 11 aromatic carbocycles. The van der Waals surface area contributed by atoms with E-state index in [1.165, 1.54) is 84.9 Å². The summed E-state index contributed by atoms with van der Waals surface area (Å²) in [6.45, 7) is 0. The molecule has 0 radical (unpaired) electrons. The van der Waals surface area contributed by atoms with Gasteiger partial charge in [0, 0.05) is 85.6 Å². The summed E-state index contributed by atoms with van der Waals surface area (Å²) in [6, 6.07) is 91.1. The highest BCUT2D eigenvalue weighted by atomic mass is 32.1. The highest BCUT2D eigenvalue weighted by Crippen LogP contribution is 2.57. The molecule has 382 valence electrons. The largest absolute Gasteiger partial charge is 0.208 e. The molecule has 0 amide bonds. The lowest BCUT2D eigenvalue weighted by Gasteiger charge is -2.42. The third-order valence-corrected chi connectivity index (χ3v) is 18.8. The van der Waals surface area contributed by atoms with Gasteiger partial charge in [0.05, 0.1) is 0 Å². The molecule has 18 rings (SSSR count). The van der Waals surface area contributed by atoms with Gasteiger partial charge in [-0.05, 0) is 104 Å². The van der Waals surface area contributed by atoms with Crippen molar-refractivity contribution in [3.05, 3.63) is 288 Å². The Balaban J connectivity index is 0.769. The fourth-order valence-corrected chi connectivity index (χ4v) is 15.1. The van der Waals surface area contributed by atoms with Gasteiger partial charge in [-0.1, -0.05) is 206 Å². The van der Waals surface area contributed by atoms with Crippen molar-refractivity contribution in [2.24, 2.45) is 0 Å². The molecule has 0 saturated carbocycles. The first-order valence-corrected chi connectivity index (χ1v) is 29.3. The summed E-state index contributed by atoms with van der Waals surface area (Å²) < 4.78 is 5.11. The second-order valence-corrected chi connectivity index (χ2v) is 23.4. The van der Waals surface area contributed by atoms with Crippen molar-refractivity contribution in [2.45, 2.75) is 11.8 Å². The summed E-state index contributed by atoms with van der Waals surface area (Å²) in [7, 11) is 0. The van der Waals surface area contributed by atoms with Gasteiger partial charge >= 0.3 is 0 Å².